The Balaban J connectivity index is 1.47. The Morgan fingerprint density at radius 1 is 1.03 bits per heavy atom. The van der Waals surface area contributed by atoms with Gasteiger partial charge in [0.05, 0.1) is 26.0 Å². The first-order chi connectivity index (χ1) is 17.7. The second-order valence-corrected chi connectivity index (χ2v) is 12.6. The molecule has 0 bridgehead atoms. The summed E-state index contributed by atoms with van der Waals surface area (Å²) in [7, 11) is -3.93. The van der Waals surface area contributed by atoms with E-state index >= 15 is 0 Å². The Morgan fingerprint density at radius 2 is 1.81 bits per heavy atom. The molecule has 12 heteroatoms. The highest BCUT2D eigenvalue weighted by Crippen LogP contribution is 2.27. The van der Waals surface area contributed by atoms with Crippen LogP contribution in [0, 0.1) is 0 Å². The number of hydrogen-bond donors (Lipinski definition) is 0. The summed E-state index contributed by atoms with van der Waals surface area (Å²) in [6.07, 6.45) is 2.50. The third kappa shape index (κ3) is 5.72. The molecule has 0 saturated carbocycles. The van der Waals surface area contributed by atoms with E-state index in [1.54, 1.807) is 41.0 Å². The zero-order valence-corrected chi connectivity index (χ0v) is 23.1. The first kappa shape index (κ1) is 26.2. The molecular formula is C25H20Cl3N3O4S2. The van der Waals surface area contributed by atoms with E-state index in [4.69, 9.17) is 39.2 Å². The lowest BCUT2D eigenvalue weighted by molar-refractivity contribution is 0.357. The fourth-order valence-corrected chi connectivity index (χ4v) is 6.76. The van der Waals surface area contributed by atoms with Gasteiger partial charge in [-0.15, -0.1) is 0 Å². The van der Waals surface area contributed by atoms with Crippen LogP contribution in [0.25, 0.3) is 6.08 Å². The zero-order valence-electron chi connectivity index (χ0n) is 19.2. The van der Waals surface area contributed by atoms with Crippen molar-refractivity contribution in [3.05, 3.63) is 106 Å². The predicted octanol–water partition coefficient (Wildman–Crippen LogP) is 4.71. The Bertz CT molecular complexity index is 1740. The summed E-state index contributed by atoms with van der Waals surface area (Å²) in [4.78, 5) is 17.9. The van der Waals surface area contributed by atoms with Crippen LogP contribution >= 0.6 is 46.1 Å². The van der Waals surface area contributed by atoms with Crippen molar-refractivity contribution in [2.45, 2.75) is 31.0 Å². The minimum absolute atomic E-state index is 0.0299. The zero-order chi connectivity index (χ0) is 26.2. The largest absolute Gasteiger partial charge is 0.460 e. The van der Waals surface area contributed by atoms with Crippen molar-refractivity contribution in [2.75, 3.05) is 6.54 Å². The number of nitrogens with zero attached hydrogens (tertiary/aromatic N) is 3. The lowest BCUT2D eigenvalue weighted by atomic mass is 10.2. The smallest absolute Gasteiger partial charge is 0.270 e. The van der Waals surface area contributed by atoms with Crippen LogP contribution in [0.15, 0.2) is 73.7 Å². The van der Waals surface area contributed by atoms with Crippen molar-refractivity contribution in [2.24, 2.45) is 4.99 Å². The molecule has 0 spiro atoms. The molecule has 4 aromatic rings. The fraction of sp³-hybridized carbons (Fsp3) is 0.200. The van der Waals surface area contributed by atoms with Crippen LogP contribution in [-0.2, 0) is 29.7 Å². The molecule has 0 N–H and O–H groups in total. The van der Waals surface area contributed by atoms with Crippen molar-refractivity contribution < 1.29 is 12.8 Å². The molecule has 0 saturated heterocycles. The third-order valence-electron chi connectivity index (χ3n) is 5.76. The van der Waals surface area contributed by atoms with Crippen LogP contribution in [0.5, 0.6) is 0 Å². The number of aromatic nitrogens is 1. The fourth-order valence-electron chi connectivity index (χ4n) is 3.91. The van der Waals surface area contributed by atoms with Crippen LogP contribution in [-0.4, -0.2) is 23.8 Å². The first-order valence-corrected chi connectivity index (χ1v) is 14.6. The van der Waals surface area contributed by atoms with Gasteiger partial charge in [0.2, 0.25) is 10.0 Å². The van der Waals surface area contributed by atoms with Crippen molar-refractivity contribution in [3.63, 3.8) is 0 Å². The highest BCUT2D eigenvalue weighted by Gasteiger charge is 2.26. The van der Waals surface area contributed by atoms with Gasteiger partial charge in [-0.3, -0.25) is 14.4 Å². The van der Waals surface area contributed by atoms with E-state index < -0.39 is 10.0 Å². The molecule has 1 aliphatic heterocycles. The highest BCUT2D eigenvalue weighted by molar-refractivity contribution is 7.89. The van der Waals surface area contributed by atoms with E-state index in [1.807, 2.05) is 0 Å². The van der Waals surface area contributed by atoms with Crippen LogP contribution in [0.3, 0.4) is 0 Å². The second-order valence-electron chi connectivity index (χ2n) is 8.36. The minimum atomic E-state index is -3.93. The molecule has 0 radical (unpaired) electrons. The molecule has 5 rings (SSSR count). The van der Waals surface area contributed by atoms with Crippen molar-refractivity contribution in [3.8, 4) is 0 Å². The number of hydrogen-bond acceptors (Lipinski definition) is 6. The molecule has 0 fully saturated rings. The minimum Gasteiger partial charge on any atom is -0.460 e. The van der Waals surface area contributed by atoms with E-state index in [2.05, 4.69) is 4.99 Å². The van der Waals surface area contributed by atoms with E-state index in [-0.39, 0.29) is 23.5 Å². The maximum Gasteiger partial charge on any atom is 0.270 e. The lowest BCUT2D eigenvalue weighted by Gasteiger charge is -2.22. The number of rotatable bonds is 7. The number of thiazole rings is 1. The molecule has 37 heavy (non-hydrogen) atoms. The van der Waals surface area contributed by atoms with Gasteiger partial charge < -0.3 is 4.42 Å². The summed E-state index contributed by atoms with van der Waals surface area (Å²) in [6.45, 7) is 1.34. The SMILES string of the molecule is O=c1/c(=C/c2ccc(CN(Cc3ccc(Cl)c(Cl)c3)S(=O)(=O)c3ccc(Cl)cc3)o2)sc2n1CCCN=2. The average Bonchev–Trinajstić information content (AvgIpc) is 3.45. The molecule has 2 aromatic heterocycles. The molecule has 3 heterocycles. The van der Waals surface area contributed by atoms with E-state index in [0.717, 1.165) is 6.42 Å². The molecule has 192 valence electrons. The normalized spacial score (nSPS) is 14.1. The molecular weight excluding hydrogens is 577 g/mol. The number of fused-ring (bicyclic) bond motifs is 1. The van der Waals surface area contributed by atoms with Gasteiger partial charge in [-0.05, 0) is 60.5 Å². The van der Waals surface area contributed by atoms with Gasteiger partial charge in [0.25, 0.3) is 5.56 Å². The maximum atomic E-state index is 13.6. The molecule has 7 nitrogen and oxygen atoms in total. The number of benzene rings is 2. The summed E-state index contributed by atoms with van der Waals surface area (Å²) in [5.74, 6) is 0.861. The van der Waals surface area contributed by atoms with Gasteiger partial charge >= 0.3 is 0 Å². The highest BCUT2D eigenvalue weighted by atomic mass is 35.5. The summed E-state index contributed by atoms with van der Waals surface area (Å²) < 4.78 is 36.6. The van der Waals surface area contributed by atoms with E-state index in [1.165, 1.54) is 39.9 Å². The maximum absolute atomic E-state index is 13.6. The van der Waals surface area contributed by atoms with Crippen LogP contribution in [0.2, 0.25) is 15.1 Å². The van der Waals surface area contributed by atoms with Crippen LogP contribution < -0.4 is 14.9 Å². The molecule has 0 aliphatic carbocycles. The van der Waals surface area contributed by atoms with Crippen molar-refractivity contribution >= 4 is 62.2 Å². The summed E-state index contributed by atoms with van der Waals surface area (Å²) in [5, 5.41) is 1.14. The van der Waals surface area contributed by atoms with Gasteiger partial charge in [-0.25, -0.2) is 8.42 Å². The molecule has 0 atom stereocenters. The molecule has 0 amide bonds. The average molecular weight is 597 g/mol. The Hall–Kier alpha value is -2.40. The van der Waals surface area contributed by atoms with Gasteiger partial charge in [0.15, 0.2) is 4.80 Å². The molecule has 0 unspecified atom stereocenters. The summed E-state index contributed by atoms with van der Waals surface area (Å²) in [6, 6.07) is 14.3. The molecule has 1 aliphatic rings. The van der Waals surface area contributed by atoms with Crippen LogP contribution in [0.4, 0.5) is 0 Å². The van der Waals surface area contributed by atoms with Crippen molar-refractivity contribution in [1.29, 1.82) is 0 Å². The first-order valence-electron chi connectivity index (χ1n) is 11.2. The topological polar surface area (TPSA) is 84.9 Å². The van der Waals surface area contributed by atoms with Gasteiger partial charge in [0.1, 0.15) is 11.5 Å². The summed E-state index contributed by atoms with van der Waals surface area (Å²) in [5.41, 5.74) is 0.555. The number of halogens is 3. The molecule has 2 aromatic carbocycles. The monoisotopic (exact) mass is 595 g/mol. The van der Waals surface area contributed by atoms with Gasteiger partial charge in [0, 0.05) is 30.7 Å². The number of sulfonamides is 1. The lowest BCUT2D eigenvalue weighted by Crippen LogP contribution is -2.33. The Kier molecular flexibility index (Phi) is 7.63. The Labute approximate surface area is 231 Å². The summed E-state index contributed by atoms with van der Waals surface area (Å²) >= 11 is 19.5. The Morgan fingerprint density at radius 3 is 2.54 bits per heavy atom. The quantitative estimate of drug-likeness (QED) is 0.309. The van der Waals surface area contributed by atoms with E-state index in [9.17, 15) is 13.2 Å². The third-order valence-corrected chi connectivity index (χ3v) is 9.60. The van der Waals surface area contributed by atoms with Crippen LogP contribution in [0.1, 0.15) is 23.5 Å². The predicted molar refractivity (Wildman–Crippen MR) is 145 cm³/mol. The van der Waals surface area contributed by atoms with Crippen molar-refractivity contribution in [1.82, 2.24) is 8.87 Å². The standard InChI is InChI=1S/C25H20Cl3N3O4S2/c26-17-3-7-20(8-4-17)37(33,34)30(14-16-2-9-21(27)22(28)12-16)15-19-6-5-18(35-19)13-23-24(32)31-11-1-10-29-25(31)36-23/h2-9,12-13H,1,10-11,14-15H2/b23-13-. The number of furan rings is 1. The van der Waals surface area contributed by atoms with Gasteiger partial charge in [-0.1, -0.05) is 52.2 Å². The second kappa shape index (κ2) is 10.8. The van der Waals surface area contributed by atoms with E-state index in [0.29, 0.717) is 54.6 Å². The van der Waals surface area contributed by atoms with Gasteiger partial charge in [-0.2, -0.15) is 4.31 Å².